The maximum atomic E-state index is 13.2. The van der Waals surface area contributed by atoms with Crippen molar-refractivity contribution < 1.29 is 84.5 Å². The monoisotopic (exact) mass is 444 g/mol. The third-order valence-corrected chi connectivity index (χ3v) is 3.94. The zero-order chi connectivity index (χ0) is 21.4. The number of unbranched alkanes of at least 4 members (excludes halogenated alkanes) is 1. The molecule has 0 heterocycles. The molecule has 0 fully saturated rings. The fraction of sp³-hybridized carbons (Fsp3) is 1.00. The number of halogens is 12. The van der Waals surface area contributed by atoms with E-state index in [-0.39, 0.29) is 18.9 Å². The molecule has 17 heteroatoms. The van der Waals surface area contributed by atoms with Crippen molar-refractivity contribution in [1.29, 1.82) is 0 Å². The average Bonchev–Trinajstić information content (AvgIpc) is 2.40. The summed E-state index contributed by atoms with van der Waals surface area (Å²) in [6.07, 6.45) is -14.9. The number of rotatable bonds is 9. The summed E-state index contributed by atoms with van der Waals surface area (Å²) in [5, 5.41) is -7.22. The zero-order valence-electron chi connectivity index (χ0n) is 13.1. The normalized spacial score (nSPS) is 16.0. The second kappa shape index (κ2) is 8.58. The molecule has 27 heavy (non-hydrogen) atoms. The van der Waals surface area contributed by atoms with Gasteiger partial charge in [0.1, 0.15) is 0 Å². The first kappa shape index (κ1) is 28.9. The van der Waals surface area contributed by atoms with Crippen LogP contribution in [0, 0.1) is 0 Å². The first-order valence-corrected chi connectivity index (χ1v) is 7.71. The largest absolute Gasteiger partial charge is 1.00 e. The van der Waals surface area contributed by atoms with Crippen molar-refractivity contribution in [2.45, 2.75) is 61.1 Å². The van der Waals surface area contributed by atoms with Gasteiger partial charge in [0.2, 0.25) is 0 Å². The van der Waals surface area contributed by atoms with Gasteiger partial charge >= 0.3 is 48.1 Å². The standard InChI is InChI=1S/C10H10F12O3S.Li/c11-5(3-1-2-4-6(12,13)14)7(15,16)8(17,18)9(19,20)10(21,22)26(23,24)25;/h5H,1-4H2,(H,23,24,25);/q;+1/p-1. The molecule has 158 valence electrons. The fourth-order valence-electron chi connectivity index (χ4n) is 1.58. The SMILES string of the molecule is O=S(=O)([O-])C(F)(F)C(F)(F)C(F)(F)C(F)(F)C(F)CCCCC(F)(F)F.[Li+]. The average molecular weight is 444 g/mol. The Labute approximate surface area is 156 Å². The van der Waals surface area contributed by atoms with Crippen molar-refractivity contribution in [3.63, 3.8) is 0 Å². The topological polar surface area (TPSA) is 57.2 Å². The van der Waals surface area contributed by atoms with Crippen LogP contribution < -0.4 is 18.9 Å². The molecule has 0 amide bonds. The van der Waals surface area contributed by atoms with Crippen LogP contribution in [0.1, 0.15) is 25.7 Å². The van der Waals surface area contributed by atoms with Gasteiger partial charge in [0.15, 0.2) is 16.3 Å². The molecule has 0 radical (unpaired) electrons. The maximum absolute atomic E-state index is 13.2. The van der Waals surface area contributed by atoms with Gasteiger partial charge in [-0.1, -0.05) is 0 Å². The molecular weight excluding hydrogens is 435 g/mol. The van der Waals surface area contributed by atoms with Crippen molar-refractivity contribution >= 4 is 10.1 Å². The van der Waals surface area contributed by atoms with Crippen LogP contribution in [0.25, 0.3) is 0 Å². The second-order valence-corrected chi connectivity index (χ2v) is 6.49. The van der Waals surface area contributed by atoms with Crippen molar-refractivity contribution in [3.8, 4) is 0 Å². The molecule has 0 rings (SSSR count). The molecular formula is C10H9F12LiO3S. The van der Waals surface area contributed by atoms with Crippen molar-refractivity contribution in [2.75, 3.05) is 0 Å². The Morgan fingerprint density at radius 1 is 0.778 bits per heavy atom. The van der Waals surface area contributed by atoms with Gasteiger partial charge in [0.25, 0.3) is 0 Å². The summed E-state index contributed by atoms with van der Waals surface area (Å²) in [6, 6.07) is 0. The first-order chi connectivity index (χ1) is 11.1. The number of alkyl halides is 12. The second-order valence-electron chi connectivity index (χ2n) is 5.07. The molecule has 0 N–H and O–H groups in total. The van der Waals surface area contributed by atoms with Gasteiger partial charge in [-0.3, -0.25) is 0 Å². The summed E-state index contributed by atoms with van der Waals surface area (Å²) in [5.41, 5.74) is 0. The van der Waals surface area contributed by atoms with E-state index < -0.39 is 71.2 Å². The van der Waals surface area contributed by atoms with Crippen LogP contribution in [-0.2, 0) is 10.1 Å². The molecule has 0 bridgehead atoms. The minimum atomic E-state index is -7.56. The maximum Gasteiger partial charge on any atom is 1.00 e. The van der Waals surface area contributed by atoms with Gasteiger partial charge in [0, 0.05) is 6.42 Å². The minimum absolute atomic E-state index is 0. The van der Waals surface area contributed by atoms with Crippen LogP contribution in [0.5, 0.6) is 0 Å². The van der Waals surface area contributed by atoms with E-state index >= 15 is 0 Å². The van der Waals surface area contributed by atoms with Crippen LogP contribution in [0.3, 0.4) is 0 Å². The summed E-state index contributed by atoms with van der Waals surface area (Å²) in [7, 11) is -7.56. The Kier molecular flexibility index (Phi) is 9.17. The summed E-state index contributed by atoms with van der Waals surface area (Å²) in [4.78, 5) is 0. The molecule has 0 aliphatic heterocycles. The number of hydrogen-bond acceptors (Lipinski definition) is 3. The predicted molar refractivity (Wildman–Crippen MR) is 58.9 cm³/mol. The first-order valence-electron chi connectivity index (χ1n) is 6.30. The molecule has 0 aliphatic rings. The summed E-state index contributed by atoms with van der Waals surface area (Å²) < 4.78 is 183. The van der Waals surface area contributed by atoms with E-state index in [9.17, 15) is 65.7 Å². The van der Waals surface area contributed by atoms with Crippen LogP contribution in [-0.4, -0.2) is 48.3 Å². The molecule has 0 saturated carbocycles. The summed E-state index contributed by atoms with van der Waals surface area (Å²) >= 11 is 0. The van der Waals surface area contributed by atoms with E-state index in [1.54, 1.807) is 0 Å². The molecule has 0 aromatic heterocycles. The number of hydrogen-bond donors (Lipinski definition) is 0. The van der Waals surface area contributed by atoms with E-state index in [0.717, 1.165) is 0 Å². The van der Waals surface area contributed by atoms with Crippen molar-refractivity contribution in [1.82, 2.24) is 0 Å². The molecule has 0 aromatic rings. The zero-order valence-corrected chi connectivity index (χ0v) is 13.9. The summed E-state index contributed by atoms with van der Waals surface area (Å²) in [6.45, 7) is 0. The van der Waals surface area contributed by atoms with Gasteiger partial charge in [-0.05, 0) is 19.3 Å². The van der Waals surface area contributed by atoms with Gasteiger partial charge in [-0.2, -0.15) is 48.3 Å². The quantitative estimate of drug-likeness (QED) is 0.235. The van der Waals surface area contributed by atoms with Crippen LogP contribution >= 0.6 is 0 Å². The van der Waals surface area contributed by atoms with Gasteiger partial charge in [-0.15, -0.1) is 0 Å². The Bertz CT molecular complexity index is 589. The molecule has 1 unspecified atom stereocenters. The van der Waals surface area contributed by atoms with Crippen molar-refractivity contribution in [2.24, 2.45) is 0 Å². The van der Waals surface area contributed by atoms with Gasteiger partial charge in [-0.25, -0.2) is 12.8 Å². The molecule has 0 saturated heterocycles. The fourth-order valence-corrected chi connectivity index (χ4v) is 2.02. The Balaban J connectivity index is 0. The van der Waals surface area contributed by atoms with E-state index in [2.05, 4.69) is 0 Å². The molecule has 0 spiro atoms. The minimum Gasteiger partial charge on any atom is -0.743 e. The van der Waals surface area contributed by atoms with Crippen LogP contribution in [0.2, 0.25) is 0 Å². The van der Waals surface area contributed by atoms with E-state index in [4.69, 9.17) is 0 Å². The third-order valence-electron chi connectivity index (χ3n) is 3.05. The van der Waals surface area contributed by atoms with Gasteiger partial charge in [0.05, 0.1) is 0 Å². The predicted octanol–water partition coefficient (Wildman–Crippen LogP) is 1.50. The smallest absolute Gasteiger partial charge is 0.743 e. The van der Waals surface area contributed by atoms with Gasteiger partial charge < -0.3 is 4.55 Å². The Morgan fingerprint density at radius 2 is 1.19 bits per heavy atom. The van der Waals surface area contributed by atoms with Crippen molar-refractivity contribution in [3.05, 3.63) is 0 Å². The molecule has 1 atom stereocenters. The molecule has 0 aliphatic carbocycles. The van der Waals surface area contributed by atoms with Crippen LogP contribution in [0.15, 0.2) is 0 Å². The van der Waals surface area contributed by atoms with E-state index in [1.165, 1.54) is 0 Å². The summed E-state index contributed by atoms with van der Waals surface area (Å²) in [5.74, 6) is -21.5. The molecule has 0 aromatic carbocycles. The van der Waals surface area contributed by atoms with E-state index in [0.29, 0.717) is 0 Å². The van der Waals surface area contributed by atoms with Crippen LogP contribution in [0.4, 0.5) is 52.7 Å². The van der Waals surface area contributed by atoms with E-state index in [1.807, 2.05) is 0 Å². The Hall–Kier alpha value is -0.333. The Morgan fingerprint density at radius 3 is 1.52 bits per heavy atom. The molecule has 3 nitrogen and oxygen atoms in total. The third kappa shape index (κ3) is 5.83.